The fourth-order valence-corrected chi connectivity index (χ4v) is 1.89. The number of nitrogens with one attached hydrogen (secondary N) is 2. The zero-order chi connectivity index (χ0) is 13.5. The van der Waals surface area contributed by atoms with Crippen LogP contribution >= 0.6 is 12.2 Å². The second kappa shape index (κ2) is 6.85. The van der Waals surface area contributed by atoms with E-state index in [4.69, 9.17) is 12.2 Å². The fourth-order valence-electron chi connectivity index (χ4n) is 1.67. The van der Waals surface area contributed by atoms with E-state index in [2.05, 4.69) is 10.6 Å². The van der Waals surface area contributed by atoms with Crippen LogP contribution in [0.1, 0.15) is 5.56 Å². The van der Waals surface area contributed by atoms with E-state index in [0.29, 0.717) is 11.7 Å². The molecule has 2 nitrogen and oxygen atoms in total. The molecule has 0 fully saturated rings. The van der Waals surface area contributed by atoms with Crippen molar-refractivity contribution >= 4 is 23.0 Å². The van der Waals surface area contributed by atoms with Crippen LogP contribution in [-0.2, 0) is 6.42 Å². The van der Waals surface area contributed by atoms with Crippen molar-refractivity contribution in [2.45, 2.75) is 6.42 Å². The average Bonchev–Trinajstić information content (AvgIpc) is 2.42. The minimum atomic E-state index is -0.210. The van der Waals surface area contributed by atoms with Gasteiger partial charge in [-0.2, -0.15) is 0 Å². The monoisotopic (exact) mass is 274 g/mol. The van der Waals surface area contributed by atoms with Gasteiger partial charge in [-0.1, -0.05) is 30.3 Å². The topological polar surface area (TPSA) is 24.1 Å². The maximum absolute atomic E-state index is 12.7. The Morgan fingerprint density at radius 3 is 2.37 bits per heavy atom. The first-order valence-corrected chi connectivity index (χ1v) is 6.49. The summed E-state index contributed by atoms with van der Waals surface area (Å²) < 4.78 is 12.7. The van der Waals surface area contributed by atoms with Crippen LogP contribution in [0.4, 0.5) is 10.1 Å². The van der Waals surface area contributed by atoms with Crippen LogP contribution in [0, 0.1) is 5.82 Å². The van der Waals surface area contributed by atoms with Crippen molar-refractivity contribution in [3.05, 3.63) is 66.0 Å². The number of para-hydroxylation sites is 1. The van der Waals surface area contributed by atoms with Crippen molar-refractivity contribution < 1.29 is 4.39 Å². The van der Waals surface area contributed by atoms with E-state index in [1.165, 1.54) is 12.1 Å². The van der Waals surface area contributed by atoms with Gasteiger partial charge in [-0.3, -0.25) is 0 Å². The predicted molar refractivity (Wildman–Crippen MR) is 80.8 cm³/mol. The number of benzene rings is 2. The number of rotatable bonds is 4. The number of hydrogen-bond acceptors (Lipinski definition) is 1. The van der Waals surface area contributed by atoms with Crippen molar-refractivity contribution in [1.29, 1.82) is 0 Å². The van der Waals surface area contributed by atoms with Crippen molar-refractivity contribution in [2.24, 2.45) is 0 Å². The Hall–Kier alpha value is -1.94. The molecule has 0 atom stereocenters. The standard InChI is InChI=1S/C15H15FN2S/c16-13-8-6-12(7-9-13)10-11-17-15(19)18-14-4-2-1-3-5-14/h1-9H,10-11H2,(H2,17,18,19). The zero-order valence-corrected chi connectivity index (χ0v) is 11.2. The molecule has 0 aromatic heterocycles. The van der Waals surface area contributed by atoms with E-state index in [0.717, 1.165) is 17.7 Å². The van der Waals surface area contributed by atoms with Crippen LogP contribution in [0.25, 0.3) is 0 Å². The molecule has 0 radical (unpaired) electrons. The highest BCUT2D eigenvalue weighted by Crippen LogP contribution is 2.05. The SMILES string of the molecule is Fc1ccc(CCNC(=S)Nc2ccccc2)cc1. The highest BCUT2D eigenvalue weighted by Gasteiger charge is 1.97. The third-order valence-electron chi connectivity index (χ3n) is 2.64. The van der Waals surface area contributed by atoms with Gasteiger partial charge < -0.3 is 10.6 Å². The van der Waals surface area contributed by atoms with Crippen LogP contribution in [0.5, 0.6) is 0 Å². The molecule has 0 saturated carbocycles. The fraction of sp³-hybridized carbons (Fsp3) is 0.133. The number of halogens is 1. The minimum Gasteiger partial charge on any atom is -0.362 e. The summed E-state index contributed by atoms with van der Waals surface area (Å²) in [6, 6.07) is 16.3. The Morgan fingerprint density at radius 1 is 1.00 bits per heavy atom. The van der Waals surface area contributed by atoms with E-state index in [1.54, 1.807) is 12.1 Å². The molecule has 0 spiro atoms. The lowest BCUT2D eigenvalue weighted by molar-refractivity contribution is 0.627. The predicted octanol–water partition coefficient (Wildman–Crippen LogP) is 3.35. The molecule has 2 aromatic rings. The highest BCUT2D eigenvalue weighted by molar-refractivity contribution is 7.80. The van der Waals surface area contributed by atoms with Gasteiger partial charge in [-0.05, 0) is 48.5 Å². The Kier molecular flexibility index (Phi) is 4.86. The van der Waals surface area contributed by atoms with Crippen molar-refractivity contribution in [2.75, 3.05) is 11.9 Å². The first kappa shape index (κ1) is 13.5. The summed E-state index contributed by atoms with van der Waals surface area (Å²) in [4.78, 5) is 0. The minimum absolute atomic E-state index is 0.210. The van der Waals surface area contributed by atoms with Gasteiger partial charge in [0.25, 0.3) is 0 Å². The molecule has 2 rings (SSSR count). The van der Waals surface area contributed by atoms with Gasteiger partial charge >= 0.3 is 0 Å². The van der Waals surface area contributed by atoms with E-state index in [-0.39, 0.29) is 5.82 Å². The summed E-state index contributed by atoms with van der Waals surface area (Å²) in [6.45, 7) is 0.713. The molecule has 0 unspecified atom stereocenters. The number of hydrogen-bond donors (Lipinski definition) is 2. The molecule has 19 heavy (non-hydrogen) atoms. The van der Waals surface area contributed by atoms with Crippen LogP contribution in [0.2, 0.25) is 0 Å². The first-order valence-electron chi connectivity index (χ1n) is 6.08. The molecule has 4 heteroatoms. The third-order valence-corrected chi connectivity index (χ3v) is 2.89. The smallest absolute Gasteiger partial charge is 0.170 e. The maximum atomic E-state index is 12.7. The Morgan fingerprint density at radius 2 is 1.68 bits per heavy atom. The molecule has 0 bridgehead atoms. The quantitative estimate of drug-likeness (QED) is 0.836. The molecule has 98 valence electrons. The molecule has 2 aromatic carbocycles. The lowest BCUT2D eigenvalue weighted by Crippen LogP contribution is -2.30. The van der Waals surface area contributed by atoms with Crippen molar-refractivity contribution in [1.82, 2.24) is 5.32 Å². The second-order valence-electron chi connectivity index (χ2n) is 4.12. The Labute approximate surface area is 117 Å². The van der Waals surface area contributed by atoms with Crippen molar-refractivity contribution in [3.8, 4) is 0 Å². The van der Waals surface area contributed by atoms with Gasteiger partial charge in [0, 0.05) is 12.2 Å². The van der Waals surface area contributed by atoms with E-state index in [9.17, 15) is 4.39 Å². The van der Waals surface area contributed by atoms with Gasteiger partial charge in [0.05, 0.1) is 0 Å². The van der Waals surface area contributed by atoms with Crippen molar-refractivity contribution in [3.63, 3.8) is 0 Å². The molecular weight excluding hydrogens is 259 g/mol. The Bertz CT molecular complexity index is 526. The van der Waals surface area contributed by atoms with Gasteiger partial charge in [-0.15, -0.1) is 0 Å². The van der Waals surface area contributed by atoms with Gasteiger partial charge in [-0.25, -0.2) is 4.39 Å². The first-order chi connectivity index (χ1) is 9.24. The van der Waals surface area contributed by atoms with Crippen LogP contribution in [0.3, 0.4) is 0 Å². The van der Waals surface area contributed by atoms with E-state index >= 15 is 0 Å². The van der Waals surface area contributed by atoms with E-state index in [1.807, 2.05) is 30.3 Å². The molecule has 0 amide bonds. The summed E-state index contributed by atoms with van der Waals surface area (Å²) in [5.74, 6) is -0.210. The second-order valence-corrected chi connectivity index (χ2v) is 4.53. The molecule has 2 N–H and O–H groups in total. The van der Waals surface area contributed by atoms with Crippen LogP contribution < -0.4 is 10.6 Å². The Balaban J connectivity index is 1.74. The van der Waals surface area contributed by atoms with Gasteiger partial charge in [0.15, 0.2) is 5.11 Å². The third kappa shape index (κ3) is 4.67. The summed E-state index contributed by atoms with van der Waals surface area (Å²) in [6.07, 6.45) is 0.802. The largest absolute Gasteiger partial charge is 0.362 e. The highest BCUT2D eigenvalue weighted by atomic mass is 32.1. The number of anilines is 1. The van der Waals surface area contributed by atoms with Crippen LogP contribution in [0.15, 0.2) is 54.6 Å². The van der Waals surface area contributed by atoms with Gasteiger partial charge in [0.2, 0.25) is 0 Å². The van der Waals surface area contributed by atoms with Crippen LogP contribution in [-0.4, -0.2) is 11.7 Å². The molecular formula is C15H15FN2S. The maximum Gasteiger partial charge on any atom is 0.170 e. The number of thiocarbonyl (C=S) groups is 1. The lowest BCUT2D eigenvalue weighted by Gasteiger charge is -2.10. The summed E-state index contributed by atoms with van der Waals surface area (Å²) in [5, 5.41) is 6.81. The molecule has 0 aliphatic carbocycles. The normalized spacial score (nSPS) is 9.95. The van der Waals surface area contributed by atoms with Gasteiger partial charge in [0.1, 0.15) is 5.82 Å². The zero-order valence-electron chi connectivity index (χ0n) is 10.4. The lowest BCUT2D eigenvalue weighted by atomic mass is 10.1. The molecule has 0 aliphatic heterocycles. The van der Waals surface area contributed by atoms with E-state index < -0.39 is 0 Å². The average molecular weight is 274 g/mol. The molecule has 0 heterocycles. The summed E-state index contributed by atoms with van der Waals surface area (Å²) in [5.41, 5.74) is 2.04. The molecule has 0 aliphatic rings. The summed E-state index contributed by atoms with van der Waals surface area (Å²) >= 11 is 5.19. The molecule has 0 saturated heterocycles. The summed E-state index contributed by atoms with van der Waals surface area (Å²) in [7, 11) is 0.